The molecule has 2 N–H and O–H groups in total. The number of hydrogen-bond donors (Lipinski definition) is 1. The second kappa shape index (κ2) is 3.05. The van der Waals surface area contributed by atoms with Gasteiger partial charge in [0.2, 0.25) is 0 Å². The molecule has 0 aliphatic heterocycles. The van der Waals surface area contributed by atoms with Crippen LogP contribution in [0.15, 0.2) is 10.6 Å². The zero-order valence-electron chi connectivity index (χ0n) is 7.16. The maximum absolute atomic E-state index is 5.59. The van der Waals surface area contributed by atoms with E-state index in [9.17, 15) is 0 Å². The number of nitrogens with zero attached hydrogens (tertiary/aromatic N) is 1. The van der Waals surface area contributed by atoms with Crippen molar-refractivity contribution in [1.29, 1.82) is 0 Å². The molecule has 0 saturated heterocycles. The lowest BCUT2D eigenvalue weighted by Gasteiger charge is -1.95. The number of rotatable bonds is 2. The van der Waals surface area contributed by atoms with Gasteiger partial charge in [0.15, 0.2) is 5.76 Å². The molecule has 3 heteroatoms. The predicted molar refractivity (Wildman–Crippen MR) is 43.2 cm³/mol. The third kappa shape index (κ3) is 1.80. The molecule has 0 bridgehead atoms. The molecule has 1 unspecified atom stereocenters. The van der Waals surface area contributed by atoms with Crippen molar-refractivity contribution < 1.29 is 4.52 Å². The summed E-state index contributed by atoms with van der Waals surface area (Å²) < 4.78 is 5.01. The van der Waals surface area contributed by atoms with E-state index in [1.54, 1.807) is 0 Å². The fraction of sp³-hybridized carbons (Fsp3) is 0.625. The summed E-state index contributed by atoms with van der Waals surface area (Å²) in [4.78, 5) is 0. The molecular formula is C8H14N2O. The first-order chi connectivity index (χ1) is 5.11. The van der Waals surface area contributed by atoms with Crippen molar-refractivity contribution in [2.24, 2.45) is 5.73 Å². The number of aromatic nitrogens is 1. The van der Waals surface area contributed by atoms with Gasteiger partial charge < -0.3 is 10.3 Å². The average molecular weight is 154 g/mol. The smallest absolute Gasteiger partial charge is 0.153 e. The zero-order valence-corrected chi connectivity index (χ0v) is 7.16. The molecule has 1 atom stereocenters. The highest BCUT2D eigenvalue weighted by molar-refractivity contribution is 5.10. The Kier molecular flexibility index (Phi) is 2.29. The maximum atomic E-state index is 5.59. The van der Waals surface area contributed by atoms with E-state index in [0.717, 1.165) is 11.5 Å². The molecule has 3 nitrogen and oxygen atoms in total. The van der Waals surface area contributed by atoms with Gasteiger partial charge in [0.1, 0.15) is 0 Å². The molecule has 0 aliphatic carbocycles. The van der Waals surface area contributed by atoms with Crippen molar-refractivity contribution in [2.75, 3.05) is 0 Å². The van der Waals surface area contributed by atoms with E-state index in [4.69, 9.17) is 10.3 Å². The average Bonchev–Trinajstić information content (AvgIpc) is 2.33. The second-order valence-corrected chi connectivity index (χ2v) is 3.10. The number of hydrogen-bond acceptors (Lipinski definition) is 3. The van der Waals surface area contributed by atoms with Gasteiger partial charge in [0.05, 0.1) is 11.7 Å². The largest absolute Gasteiger partial charge is 0.359 e. The topological polar surface area (TPSA) is 52.0 Å². The van der Waals surface area contributed by atoms with E-state index in [1.165, 1.54) is 0 Å². The van der Waals surface area contributed by atoms with Crippen LogP contribution >= 0.6 is 0 Å². The summed E-state index contributed by atoms with van der Waals surface area (Å²) in [5, 5.41) is 3.88. The van der Waals surface area contributed by atoms with Gasteiger partial charge in [-0.15, -0.1) is 0 Å². The fourth-order valence-electron chi connectivity index (χ4n) is 0.791. The summed E-state index contributed by atoms with van der Waals surface area (Å²) in [7, 11) is 0. The third-order valence-corrected chi connectivity index (χ3v) is 1.59. The Morgan fingerprint density at radius 2 is 2.09 bits per heavy atom. The minimum Gasteiger partial charge on any atom is -0.359 e. The molecule has 1 aromatic rings. The maximum Gasteiger partial charge on any atom is 0.153 e. The Bertz CT molecular complexity index is 205. The summed E-state index contributed by atoms with van der Waals surface area (Å²) in [6.45, 7) is 6.02. The molecule has 0 fully saturated rings. The quantitative estimate of drug-likeness (QED) is 0.706. The number of nitrogens with two attached hydrogens (primary N) is 1. The Balaban J connectivity index is 2.82. The SMILES string of the molecule is CC(C)c1cc(C(C)N)on1. The van der Waals surface area contributed by atoms with Gasteiger partial charge in [0.25, 0.3) is 0 Å². The predicted octanol–water partition coefficient (Wildman–Crippen LogP) is 1.82. The minimum atomic E-state index is -0.0602. The highest BCUT2D eigenvalue weighted by Gasteiger charge is 2.09. The lowest BCUT2D eigenvalue weighted by molar-refractivity contribution is 0.360. The molecule has 0 spiro atoms. The first kappa shape index (κ1) is 8.27. The fourth-order valence-corrected chi connectivity index (χ4v) is 0.791. The van der Waals surface area contributed by atoms with E-state index in [1.807, 2.05) is 13.0 Å². The molecule has 0 amide bonds. The van der Waals surface area contributed by atoms with Crippen LogP contribution in [0.25, 0.3) is 0 Å². The van der Waals surface area contributed by atoms with Gasteiger partial charge in [-0.2, -0.15) is 0 Å². The lowest BCUT2D eigenvalue weighted by atomic mass is 10.1. The van der Waals surface area contributed by atoms with Crippen molar-refractivity contribution in [2.45, 2.75) is 32.7 Å². The van der Waals surface area contributed by atoms with E-state index in [-0.39, 0.29) is 6.04 Å². The normalized spacial score (nSPS) is 13.9. The third-order valence-electron chi connectivity index (χ3n) is 1.59. The van der Waals surface area contributed by atoms with Crippen molar-refractivity contribution in [3.63, 3.8) is 0 Å². The van der Waals surface area contributed by atoms with Gasteiger partial charge in [-0.3, -0.25) is 0 Å². The van der Waals surface area contributed by atoms with Crippen LogP contribution in [0.2, 0.25) is 0 Å². The van der Waals surface area contributed by atoms with Crippen molar-refractivity contribution >= 4 is 0 Å². The molecule has 0 saturated carbocycles. The highest BCUT2D eigenvalue weighted by atomic mass is 16.5. The summed E-state index contributed by atoms with van der Waals surface area (Å²) in [5.74, 6) is 1.17. The van der Waals surface area contributed by atoms with Crippen LogP contribution in [0.3, 0.4) is 0 Å². The van der Waals surface area contributed by atoms with Crippen LogP contribution in [-0.4, -0.2) is 5.16 Å². The molecule has 62 valence electrons. The molecular weight excluding hydrogens is 140 g/mol. The van der Waals surface area contributed by atoms with Crippen LogP contribution in [-0.2, 0) is 0 Å². The van der Waals surface area contributed by atoms with Gasteiger partial charge in [0, 0.05) is 6.07 Å². The summed E-state index contributed by atoms with van der Waals surface area (Å²) in [6.07, 6.45) is 0. The first-order valence-corrected chi connectivity index (χ1v) is 3.83. The highest BCUT2D eigenvalue weighted by Crippen LogP contribution is 2.17. The second-order valence-electron chi connectivity index (χ2n) is 3.10. The van der Waals surface area contributed by atoms with Crippen LogP contribution < -0.4 is 5.73 Å². The van der Waals surface area contributed by atoms with Gasteiger partial charge in [-0.1, -0.05) is 19.0 Å². The Labute approximate surface area is 66.6 Å². The molecule has 1 aromatic heterocycles. The summed E-state index contributed by atoms with van der Waals surface area (Å²) in [6, 6.07) is 1.85. The van der Waals surface area contributed by atoms with Gasteiger partial charge in [-0.25, -0.2) is 0 Å². The molecule has 1 rings (SSSR count). The molecule has 0 aromatic carbocycles. The first-order valence-electron chi connectivity index (χ1n) is 3.83. The van der Waals surface area contributed by atoms with Crippen molar-refractivity contribution in [3.8, 4) is 0 Å². The molecule has 0 radical (unpaired) electrons. The molecule has 11 heavy (non-hydrogen) atoms. The Morgan fingerprint density at radius 3 is 2.36 bits per heavy atom. The van der Waals surface area contributed by atoms with Crippen LogP contribution in [0.1, 0.15) is 44.2 Å². The summed E-state index contributed by atoms with van der Waals surface area (Å²) in [5.41, 5.74) is 6.56. The van der Waals surface area contributed by atoms with E-state index >= 15 is 0 Å². The zero-order chi connectivity index (χ0) is 8.43. The Morgan fingerprint density at radius 1 is 1.45 bits per heavy atom. The van der Waals surface area contributed by atoms with E-state index in [2.05, 4.69) is 19.0 Å². The van der Waals surface area contributed by atoms with Crippen LogP contribution in [0.5, 0.6) is 0 Å². The van der Waals surface area contributed by atoms with Crippen molar-refractivity contribution in [1.82, 2.24) is 5.16 Å². The molecule has 0 aliphatic rings. The minimum absolute atomic E-state index is 0.0602. The summed E-state index contributed by atoms with van der Waals surface area (Å²) >= 11 is 0. The van der Waals surface area contributed by atoms with Gasteiger partial charge in [-0.05, 0) is 12.8 Å². The molecule has 1 heterocycles. The van der Waals surface area contributed by atoms with Gasteiger partial charge >= 0.3 is 0 Å². The van der Waals surface area contributed by atoms with E-state index < -0.39 is 0 Å². The standard InChI is InChI=1S/C8H14N2O/c1-5(2)7-4-8(6(3)9)11-10-7/h4-6H,9H2,1-3H3. The van der Waals surface area contributed by atoms with Crippen LogP contribution in [0.4, 0.5) is 0 Å². The monoisotopic (exact) mass is 154 g/mol. The van der Waals surface area contributed by atoms with Crippen molar-refractivity contribution in [3.05, 3.63) is 17.5 Å². The van der Waals surface area contributed by atoms with E-state index in [0.29, 0.717) is 5.92 Å². The lowest BCUT2D eigenvalue weighted by Crippen LogP contribution is -2.02. The Hall–Kier alpha value is -0.830. The van der Waals surface area contributed by atoms with Crippen LogP contribution in [0, 0.1) is 0 Å².